The number of hydrogen-bond donors (Lipinski definition) is 2. The standard InChI is InChI=1S/C14H28N4O.2C2H6/c1-2-12(15)11-18(16)14-3-7-17(8-4-14)13-5-9-19-10-6-13;2*1-2/h11,13-14H,2-10,15-16H2,1H3;2*1-2H3/b12-11-;;. The third-order valence-electron chi connectivity index (χ3n) is 4.35. The number of hydrogen-bond acceptors (Lipinski definition) is 5. The van der Waals surface area contributed by atoms with Crippen LogP contribution in [0.4, 0.5) is 0 Å². The predicted octanol–water partition coefficient (Wildman–Crippen LogP) is 3.07. The van der Waals surface area contributed by atoms with Gasteiger partial charge in [-0.05, 0) is 32.1 Å². The number of likely N-dealkylation sites (tertiary alicyclic amines) is 1. The van der Waals surface area contributed by atoms with Gasteiger partial charge < -0.3 is 20.4 Å². The smallest absolute Gasteiger partial charge is 0.0480 e. The van der Waals surface area contributed by atoms with Crippen molar-refractivity contribution in [2.75, 3.05) is 26.3 Å². The normalized spacial score (nSPS) is 20.9. The molecule has 0 spiro atoms. The van der Waals surface area contributed by atoms with E-state index in [0.29, 0.717) is 6.04 Å². The van der Waals surface area contributed by atoms with E-state index in [1.54, 1.807) is 0 Å². The van der Waals surface area contributed by atoms with Crippen LogP contribution < -0.4 is 11.6 Å². The van der Waals surface area contributed by atoms with Gasteiger partial charge in [0.1, 0.15) is 0 Å². The van der Waals surface area contributed by atoms with Crippen molar-refractivity contribution >= 4 is 0 Å². The van der Waals surface area contributed by atoms with E-state index in [2.05, 4.69) is 4.90 Å². The van der Waals surface area contributed by atoms with Gasteiger partial charge in [-0.25, -0.2) is 5.84 Å². The third kappa shape index (κ3) is 8.04. The average Bonchev–Trinajstić information content (AvgIpc) is 2.65. The first-order valence-corrected chi connectivity index (χ1v) is 9.51. The Morgan fingerprint density at radius 2 is 1.61 bits per heavy atom. The molecule has 2 saturated heterocycles. The molecule has 0 unspecified atom stereocenters. The first-order valence-electron chi connectivity index (χ1n) is 9.51. The van der Waals surface area contributed by atoms with Gasteiger partial charge in [0.25, 0.3) is 0 Å². The summed E-state index contributed by atoms with van der Waals surface area (Å²) in [7, 11) is 0. The van der Waals surface area contributed by atoms with E-state index < -0.39 is 0 Å². The third-order valence-corrected chi connectivity index (χ3v) is 4.35. The van der Waals surface area contributed by atoms with E-state index in [-0.39, 0.29) is 0 Å². The molecule has 5 nitrogen and oxygen atoms in total. The fourth-order valence-corrected chi connectivity index (χ4v) is 2.99. The summed E-state index contributed by atoms with van der Waals surface area (Å²) in [5, 5.41) is 1.82. The zero-order valence-electron chi connectivity index (χ0n) is 16.1. The largest absolute Gasteiger partial charge is 0.401 e. The van der Waals surface area contributed by atoms with Crippen molar-refractivity contribution in [1.29, 1.82) is 0 Å². The highest BCUT2D eigenvalue weighted by molar-refractivity contribution is 4.96. The summed E-state index contributed by atoms with van der Waals surface area (Å²) in [5.74, 6) is 6.09. The van der Waals surface area contributed by atoms with Crippen LogP contribution >= 0.6 is 0 Å². The van der Waals surface area contributed by atoms with E-state index in [0.717, 1.165) is 57.3 Å². The van der Waals surface area contributed by atoms with Crippen LogP contribution in [0.25, 0.3) is 0 Å². The minimum absolute atomic E-state index is 0.432. The van der Waals surface area contributed by atoms with Crippen molar-refractivity contribution in [1.82, 2.24) is 9.91 Å². The van der Waals surface area contributed by atoms with Crippen LogP contribution in [-0.4, -0.2) is 48.3 Å². The van der Waals surface area contributed by atoms with Gasteiger partial charge in [0.15, 0.2) is 0 Å². The Labute approximate surface area is 144 Å². The molecule has 2 fully saturated rings. The van der Waals surface area contributed by atoms with Crippen LogP contribution in [0.5, 0.6) is 0 Å². The number of ether oxygens (including phenoxy) is 1. The highest BCUT2D eigenvalue weighted by Gasteiger charge is 2.27. The second-order valence-corrected chi connectivity index (χ2v) is 5.62. The Kier molecular flexibility index (Phi) is 13.2. The van der Waals surface area contributed by atoms with E-state index in [4.69, 9.17) is 16.3 Å². The lowest BCUT2D eigenvalue weighted by Crippen LogP contribution is -2.50. The molecular weight excluding hydrogens is 288 g/mol. The van der Waals surface area contributed by atoms with Crippen molar-refractivity contribution in [3.05, 3.63) is 11.9 Å². The first kappa shape index (κ1) is 22.2. The Balaban J connectivity index is 0.00000112. The molecule has 0 radical (unpaired) electrons. The van der Waals surface area contributed by atoms with E-state index >= 15 is 0 Å². The lowest BCUT2D eigenvalue weighted by Gasteiger charge is -2.41. The summed E-state index contributed by atoms with van der Waals surface area (Å²) in [6.07, 6.45) is 7.37. The lowest BCUT2D eigenvalue weighted by atomic mass is 9.99. The summed E-state index contributed by atoms with van der Waals surface area (Å²) in [5.41, 5.74) is 6.70. The highest BCUT2D eigenvalue weighted by atomic mass is 16.5. The van der Waals surface area contributed by atoms with Crippen molar-refractivity contribution in [2.24, 2.45) is 11.6 Å². The minimum Gasteiger partial charge on any atom is -0.401 e. The molecule has 2 heterocycles. The molecule has 5 heteroatoms. The van der Waals surface area contributed by atoms with Crippen molar-refractivity contribution in [2.45, 2.75) is 78.8 Å². The molecule has 0 amide bonds. The van der Waals surface area contributed by atoms with Gasteiger partial charge in [-0.3, -0.25) is 0 Å². The summed E-state index contributed by atoms with van der Waals surface area (Å²) < 4.78 is 5.43. The van der Waals surface area contributed by atoms with Gasteiger partial charge in [0.2, 0.25) is 0 Å². The first-order chi connectivity index (χ1) is 11.2. The number of nitrogens with two attached hydrogens (primary N) is 2. The molecule has 0 aliphatic carbocycles. The molecule has 2 aliphatic rings. The van der Waals surface area contributed by atoms with Gasteiger partial charge >= 0.3 is 0 Å². The summed E-state index contributed by atoms with van der Waals surface area (Å²) in [4.78, 5) is 2.61. The van der Waals surface area contributed by atoms with Crippen LogP contribution in [0, 0.1) is 0 Å². The van der Waals surface area contributed by atoms with Crippen molar-refractivity contribution in [3.63, 3.8) is 0 Å². The van der Waals surface area contributed by atoms with E-state index in [9.17, 15) is 0 Å². The molecule has 138 valence electrons. The van der Waals surface area contributed by atoms with Gasteiger partial charge in [-0.2, -0.15) is 0 Å². The molecule has 0 aromatic heterocycles. The maximum absolute atomic E-state index is 6.09. The minimum atomic E-state index is 0.432. The van der Waals surface area contributed by atoms with E-state index in [1.165, 1.54) is 12.8 Å². The van der Waals surface area contributed by atoms with Crippen LogP contribution in [0.15, 0.2) is 11.9 Å². The van der Waals surface area contributed by atoms with Crippen molar-refractivity contribution in [3.8, 4) is 0 Å². The predicted molar refractivity (Wildman–Crippen MR) is 99.7 cm³/mol. The molecule has 23 heavy (non-hydrogen) atoms. The zero-order chi connectivity index (χ0) is 17.7. The fraction of sp³-hybridized carbons (Fsp3) is 0.889. The molecule has 2 rings (SSSR count). The molecular formula is C18H40N4O. The number of nitrogens with zero attached hydrogens (tertiary/aromatic N) is 2. The average molecular weight is 329 g/mol. The topological polar surface area (TPSA) is 67.8 Å². The van der Waals surface area contributed by atoms with Gasteiger partial charge in [-0.15, -0.1) is 0 Å². The van der Waals surface area contributed by atoms with Crippen LogP contribution in [0.1, 0.15) is 66.7 Å². The molecule has 0 atom stereocenters. The number of piperidine rings is 1. The van der Waals surface area contributed by atoms with Crippen LogP contribution in [-0.2, 0) is 4.74 Å². The SMILES string of the molecule is CC.CC.CC/C(N)=C/N(N)C1CCN(C2CCOCC2)CC1. The zero-order valence-corrected chi connectivity index (χ0v) is 16.1. The number of hydrazine groups is 1. The maximum Gasteiger partial charge on any atom is 0.0480 e. The molecule has 0 saturated carbocycles. The van der Waals surface area contributed by atoms with Gasteiger partial charge in [0.05, 0.1) is 0 Å². The summed E-state index contributed by atoms with van der Waals surface area (Å²) in [6, 6.07) is 1.15. The molecule has 4 N–H and O–H groups in total. The van der Waals surface area contributed by atoms with Crippen LogP contribution in [0.2, 0.25) is 0 Å². The number of rotatable bonds is 4. The Hall–Kier alpha value is -0.780. The quantitative estimate of drug-likeness (QED) is 0.613. The highest BCUT2D eigenvalue weighted by Crippen LogP contribution is 2.21. The van der Waals surface area contributed by atoms with Crippen LogP contribution in [0.3, 0.4) is 0 Å². The second-order valence-electron chi connectivity index (χ2n) is 5.62. The second kappa shape index (κ2) is 13.6. The summed E-state index contributed by atoms with van der Waals surface area (Å²) in [6.45, 7) is 14.2. The molecule has 2 aliphatic heterocycles. The van der Waals surface area contributed by atoms with Crippen molar-refractivity contribution < 1.29 is 4.74 Å². The maximum atomic E-state index is 6.09. The Morgan fingerprint density at radius 1 is 1.09 bits per heavy atom. The Bertz CT molecular complexity index is 295. The molecule has 0 aromatic carbocycles. The molecule has 0 bridgehead atoms. The van der Waals surface area contributed by atoms with Gasteiger partial charge in [0, 0.05) is 50.3 Å². The monoisotopic (exact) mass is 328 g/mol. The fourth-order valence-electron chi connectivity index (χ4n) is 2.99. The Morgan fingerprint density at radius 3 is 2.09 bits per heavy atom. The summed E-state index contributed by atoms with van der Waals surface area (Å²) >= 11 is 0. The lowest BCUT2D eigenvalue weighted by molar-refractivity contribution is 0.0174. The van der Waals surface area contributed by atoms with E-state index in [1.807, 2.05) is 45.8 Å². The number of allylic oxidation sites excluding steroid dienone is 1. The van der Waals surface area contributed by atoms with Gasteiger partial charge in [-0.1, -0.05) is 34.6 Å². The molecule has 0 aromatic rings.